The molecular weight excluding hydrogens is 707 g/mol. The molecule has 52 heavy (non-hydrogen) atoms. The molecule has 0 radical (unpaired) electrons. The van der Waals surface area contributed by atoms with Crippen molar-refractivity contribution in [2.75, 3.05) is 40.5 Å². The van der Waals surface area contributed by atoms with Crippen molar-refractivity contribution >= 4 is 46.2 Å². The maximum absolute atomic E-state index is 13.2. The molecule has 18 heteroatoms. The number of alkyl halides is 3. The Morgan fingerprint density at radius 2 is 1.69 bits per heavy atom. The van der Waals surface area contributed by atoms with Crippen molar-refractivity contribution in [3.8, 4) is 34.1 Å². The quantitative estimate of drug-likeness (QED) is 0.193. The lowest BCUT2D eigenvalue weighted by atomic mass is 9.94. The molecule has 0 saturated heterocycles. The summed E-state index contributed by atoms with van der Waals surface area (Å²) in [6.45, 7) is 5.50. The third-order valence-electron chi connectivity index (χ3n) is 7.93. The van der Waals surface area contributed by atoms with Gasteiger partial charge in [0.15, 0.2) is 5.65 Å². The Morgan fingerprint density at radius 1 is 1.00 bits per heavy atom. The molecule has 0 aliphatic carbocycles. The predicted octanol–water partition coefficient (Wildman–Crippen LogP) is 5.37. The Hall–Kier alpha value is -5.84. The fourth-order valence-electron chi connectivity index (χ4n) is 5.38. The maximum Gasteiger partial charge on any atom is 0.491 e. The first-order valence-corrected chi connectivity index (χ1v) is 16.0. The first kappa shape index (κ1) is 37.4. The Labute approximate surface area is 300 Å². The Bertz CT molecular complexity index is 2210. The Balaban J connectivity index is 1.76. The van der Waals surface area contributed by atoms with Crippen molar-refractivity contribution in [3.63, 3.8) is 0 Å². The molecule has 1 unspecified atom stereocenters. The molecule has 5 rings (SSSR count). The van der Waals surface area contributed by atoms with Crippen LogP contribution in [0, 0.1) is 6.92 Å². The number of carbonyl (C=O) groups is 3. The first-order valence-electron chi connectivity index (χ1n) is 15.6. The van der Waals surface area contributed by atoms with Gasteiger partial charge in [-0.15, -0.1) is 0 Å². The number of hydrogen-bond acceptors (Lipinski definition) is 11. The van der Waals surface area contributed by atoms with Crippen molar-refractivity contribution in [2.45, 2.75) is 33.0 Å². The number of rotatable bonds is 9. The van der Waals surface area contributed by atoms with Crippen molar-refractivity contribution in [2.24, 2.45) is 0 Å². The van der Waals surface area contributed by atoms with Gasteiger partial charge in [-0.05, 0) is 44.5 Å². The van der Waals surface area contributed by atoms with E-state index in [1.807, 2.05) is 0 Å². The molecule has 2 N–H and O–H groups in total. The molecule has 272 valence electrons. The number of nitrogens with zero attached hydrogens (tertiary/aromatic N) is 8. The van der Waals surface area contributed by atoms with Crippen LogP contribution in [-0.4, -0.2) is 98.3 Å². The zero-order chi connectivity index (χ0) is 38.2. The number of fused-ring (bicyclic) bond motifs is 1. The molecule has 0 spiro atoms. The summed E-state index contributed by atoms with van der Waals surface area (Å²) in [4.78, 5) is 56.4. The van der Waals surface area contributed by atoms with E-state index in [9.17, 15) is 27.6 Å². The number of aromatic nitrogens is 6. The zero-order valence-electron chi connectivity index (χ0n) is 29.0. The third-order valence-corrected chi connectivity index (χ3v) is 8.32. The highest BCUT2D eigenvalue weighted by molar-refractivity contribution is 6.32. The fraction of sp³-hybridized carbons (Fsp3) is 0.294. The maximum atomic E-state index is 13.2. The summed E-state index contributed by atoms with van der Waals surface area (Å²) in [7, 11) is 6.37. The molecule has 0 aliphatic heterocycles. The monoisotopic (exact) mass is 739 g/mol. The fourth-order valence-corrected chi connectivity index (χ4v) is 5.59. The lowest BCUT2D eigenvalue weighted by molar-refractivity contribution is -0.190. The summed E-state index contributed by atoms with van der Waals surface area (Å²) in [5, 5.41) is 5.18. The summed E-state index contributed by atoms with van der Waals surface area (Å²) in [5.74, 6) is -3.18. The number of nitrogen functional groups attached to an aromatic ring is 1. The summed E-state index contributed by atoms with van der Waals surface area (Å²) >= 11 is 6.82. The molecule has 4 aromatic heterocycles. The number of amides is 2. The molecule has 0 saturated carbocycles. The summed E-state index contributed by atoms with van der Waals surface area (Å²) < 4.78 is 51.5. The van der Waals surface area contributed by atoms with Crippen molar-refractivity contribution in [1.29, 1.82) is 0 Å². The van der Waals surface area contributed by atoms with E-state index < -0.39 is 24.2 Å². The smallest absolute Gasteiger partial charge is 0.491 e. The van der Waals surface area contributed by atoms with E-state index in [4.69, 9.17) is 27.2 Å². The number of halogens is 4. The van der Waals surface area contributed by atoms with Gasteiger partial charge in [0.05, 0.1) is 23.6 Å². The van der Waals surface area contributed by atoms with Crippen LogP contribution in [0.15, 0.2) is 42.9 Å². The van der Waals surface area contributed by atoms with Gasteiger partial charge in [-0.2, -0.15) is 28.2 Å². The largest absolute Gasteiger partial charge is 0.493 e. The Morgan fingerprint density at radius 3 is 2.29 bits per heavy atom. The molecular formula is C34H33ClF3N9O5. The molecule has 5 aromatic rings. The van der Waals surface area contributed by atoms with Crippen molar-refractivity contribution < 1.29 is 37.0 Å². The molecule has 1 atom stereocenters. The lowest BCUT2D eigenvalue weighted by Crippen LogP contribution is -2.28. The van der Waals surface area contributed by atoms with E-state index in [0.717, 1.165) is 0 Å². The van der Waals surface area contributed by atoms with Gasteiger partial charge in [0.1, 0.15) is 23.0 Å². The van der Waals surface area contributed by atoms with Gasteiger partial charge in [-0.3, -0.25) is 19.6 Å². The normalized spacial score (nSPS) is 12.1. The van der Waals surface area contributed by atoms with Gasteiger partial charge in [0.2, 0.25) is 0 Å². The predicted molar refractivity (Wildman–Crippen MR) is 185 cm³/mol. The SMILES string of the molecule is CCOc1c(C(C)n2nc(-c3cncc(C(=O)N(C)C)c3)c3c(N)nc(OC(=O)C(F)(F)F)nc32)cc(Cl)c(C)c1-c1ccc(C(=O)N(C)C)nc1. The van der Waals surface area contributed by atoms with Gasteiger partial charge in [-0.25, -0.2) is 9.48 Å². The van der Waals surface area contributed by atoms with Crippen LogP contribution in [0.3, 0.4) is 0 Å². The minimum Gasteiger partial charge on any atom is -0.493 e. The zero-order valence-corrected chi connectivity index (χ0v) is 29.8. The molecule has 0 bridgehead atoms. The van der Waals surface area contributed by atoms with Crippen molar-refractivity contribution in [3.05, 3.63) is 70.3 Å². The second-order valence-corrected chi connectivity index (χ2v) is 12.4. The van der Waals surface area contributed by atoms with Crippen LogP contribution in [0.2, 0.25) is 5.02 Å². The van der Waals surface area contributed by atoms with Crippen LogP contribution in [0.1, 0.15) is 51.9 Å². The van der Waals surface area contributed by atoms with Crippen LogP contribution in [0.5, 0.6) is 11.8 Å². The van der Waals surface area contributed by atoms with Gasteiger partial charge < -0.3 is 25.0 Å². The van der Waals surface area contributed by atoms with Gasteiger partial charge in [0.25, 0.3) is 11.8 Å². The van der Waals surface area contributed by atoms with E-state index >= 15 is 0 Å². The van der Waals surface area contributed by atoms with E-state index in [2.05, 4.69) is 24.7 Å². The summed E-state index contributed by atoms with van der Waals surface area (Å²) in [6, 6.07) is 4.67. The highest BCUT2D eigenvalue weighted by Crippen LogP contribution is 2.44. The van der Waals surface area contributed by atoms with E-state index in [0.29, 0.717) is 38.6 Å². The number of anilines is 1. The number of nitrogens with two attached hydrogens (primary N) is 1. The number of hydrogen-bond donors (Lipinski definition) is 1. The van der Waals surface area contributed by atoms with Gasteiger partial charge in [0, 0.05) is 74.1 Å². The molecule has 2 amide bonds. The molecule has 14 nitrogen and oxygen atoms in total. The minimum atomic E-state index is -5.34. The molecule has 0 fully saturated rings. The highest BCUT2D eigenvalue weighted by Gasteiger charge is 2.42. The van der Waals surface area contributed by atoms with Crippen LogP contribution >= 0.6 is 11.6 Å². The Kier molecular flexibility index (Phi) is 10.4. The number of pyridine rings is 2. The summed E-state index contributed by atoms with van der Waals surface area (Å²) in [5.41, 5.74) is 9.33. The van der Waals surface area contributed by atoms with Crippen molar-refractivity contribution in [1.82, 2.24) is 39.5 Å². The van der Waals surface area contributed by atoms with E-state index in [-0.39, 0.29) is 52.2 Å². The van der Waals surface area contributed by atoms with E-state index in [1.54, 1.807) is 67.2 Å². The van der Waals surface area contributed by atoms with Gasteiger partial charge in [-0.1, -0.05) is 17.7 Å². The summed E-state index contributed by atoms with van der Waals surface area (Å²) in [6.07, 6.45) is -1.03. The average molecular weight is 740 g/mol. The molecule has 0 aliphatic rings. The topological polar surface area (TPSA) is 172 Å². The van der Waals surface area contributed by atoms with Crippen LogP contribution in [0.25, 0.3) is 33.4 Å². The second kappa shape index (κ2) is 14.4. The number of esters is 1. The average Bonchev–Trinajstić information content (AvgIpc) is 3.48. The van der Waals surface area contributed by atoms with Crippen LogP contribution in [-0.2, 0) is 4.79 Å². The van der Waals surface area contributed by atoms with E-state index in [1.165, 1.54) is 39.1 Å². The molecule has 4 heterocycles. The lowest BCUT2D eigenvalue weighted by Gasteiger charge is -2.23. The second-order valence-electron chi connectivity index (χ2n) is 11.9. The highest BCUT2D eigenvalue weighted by atomic mass is 35.5. The number of ether oxygens (including phenoxy) is 2. The number of carbonyl (C=O) groups excluding carboxylic acids is 3. The minimum absolute atomic E-state index is 0.0802. The van der Waals surface area contributed by atoms with Crippen LogP contribution in [0.4, 0.5) is 19.0 Å². The first-order chi connectivity index (χ1) is 24.4. The standard InChI is InChI=1S/C34H33ClF3N9O5/c1-8-51-27-21(12-22(35)16(2)24(27)18-9-10-23(41-15-18)31(49)46(6)7)17(3)47-29-25(28(39)42-33(43-29)52-32(50)34(36,37)38)26(44-47)19-11-20(14-40-13-19)30(48)45(4)5/h9-15,17H,8H2,1-7H3,(H2,39,42,43). The number of benzene rings is 1. The third kappa shape index (κ3) is 7.16. The van der Waals surface area contributed by atoms with Gasteiger partial charge >= 0.3 is 18.2 Å². The van der Waals surface area contributed by atoms with Crippen LogP contribution < -0.4 is 15.2 Å². The molecule has 1 aromatic carbocycles.